The van der Waals surface area contributed by atoms with Gasteiger partial charge in [0.2, 0.25) is 0 Å². The standard InChI is InChI=1S/C21H26N2O2/c1-15-13-16(2)22(3)20(24)19(15)21(25)23-11-9-18(10-12-23)14-17-7-5-4-6-8-17/h4-8,13,18H,9-12,14H2,1-3H3. The predicted molar refractivity (Wildman–Crippen MR) is 99.9 cm³/mol. The number of carbonyl (C=O) groups is 1. The third-order valence-corrected chi connectivity index (χ3v) is 5.35. The van der Waals surface area contributed by atoms with E-state index in [2.05, 4.69) is 24.3 Å². The second kappa shape index (κ2) is 7.26. The summed E-state index contributed by atoms with van der Waals surface area (Å²) in [7, 11) is 1.72. The third kappa shape index (κ3) is 3.68. The number of hydrogen-bond donors (Lipinski definition) is 0. The van der Waals surface area contributed by atoms with Crippen molar-refractivity contribution >= 4 is 5.91 Å². The fraction of sp³-hybridized carbons (Fsp3) is 0.429. The molecule has 0 saturated carbocycles. The van der Waals surface area contributed by atoms with Gasteiger partial charge in [-0.2, -0.15) is 0 Å². The van der Waals surface area contributed by atoms with Gasteiger partial charge in [0.25, 0.3) is 11.5 Å². The Morgan fingerprint density at radius 2 is 1.76 bits per heavy atom. The van der Waals surface area contributed by atoms with E-state index in [-0.39, 0.29) is 11.5 Å². The number of hydrogen-bond acceptors (Lipinski definition) is 2. The molecule has 4 heteroatoms. The van der Waals surface area contributed by atoms with Crippen LogP contribution in [0.1, 0.15) is 40.0 Å². The molecule has 1 fully saturated rings. The van der Waals surface area contributed by atoms with Crippen molar-refractivity contribution in [3.05, 3.63) is 69.1 Å². The maximum atomic E-state index is 12.9. The van der Waals surface area contributed by atoms with Crippen molar-refractivity contribution in [3.63, 3.8) is 0 Å². The smallest absolute Gasteiger partial charge is 0.263 e. The Hall–Kier alpha value is -2.36. The van der Waals surface area contributed by atoms with E-state index >= 15 is 0 Å². The van der Waals surface area contributed by atoms with E-state index in [1.165, 1.54) is 5.56 Å². The first-order valence-corrected chi connectivity index (χ1v) is 8.98. The molecule has 1 aromatic carbocycles. The quantitative estimate of drug-likeness (QED) is 0.863. The molecule has 0 atom stereocenters. The lowest BCUT2D eigenvalue weighted by molar-refractivity contribution is 0.0687. The number of aryl methyl sites for hydroxylation is 2. The SMILES string of the molecule is Cc1cc(C)n(C)c(=O)c1C(=O)N1CCC(Cc2ccccc2)CC1. The molecule has 0 radical (unpaired) electrons. The number of pyridine rings is 1. The minimum Gasteiger partial charge on any atom is -0.338 e. The van der Waals surface area contributed by atoms with Crippen LogP contribution in [0, 0.1) is 19.8 Å². The zero-order chi connectivity index (χ0) is 18.0. The van der Waals surface area contributed by atoms with Gasteiger partial charge in [0.05, 0.1) is 0 Å². The molecule has 0 unspecified atom stereocenters. The molecule has 1 saturated heterocycles. The highest BCUT2D eigenvalue weighted by Gasteiger charge is 2.26. The number of rotatable bonds is 3. The lowest BCUT2D eigenvalue weighted by atomic mass is 9.90. The van der Waals surface area contributed by atoms with Gasteiger partial charge in [-0.05, 0) is 56.2 Å². The topological polar surface area (TPSA) is 42.3 Å². The number of likely N-dealkylation sites (tertiary alicyclic amines) is 1. The van der Waals surface area contributed by atoms with E-state index < -0.39 is 0 Å². The molecule has 1 aliphatic heterocycles. The van der Waals surface area contributed by atoms with Gasteiger partial charge in [0.15, 0.2) is 0 Å². The van der Waals surface area contributed by atoms with E-state index in [9.17, 15) is 9.59 Å². The van der Waals surface area contributed by atoms with Crippen LogP contribution in [0.15, 0.2) is 41.2 Å². The summed E-state index contributed by atoms with van der Waals surface area (Å²) in [4.78, 5) is 27.2. The largest absolute Gasteiger partial charge is 0.338 e. The minimum atomic E-state index is -0.186. The first kappa shape index (κ1) is 17.5. The molecular weight excluding hydrogens is 312 g/mol. The minimum absolute atomic E-state index is 0.115. The van der Waals surface area contributed by atoms with E-state index in [1.54, 1.807) is 11.6 Å². The van der Waals surface area contributed by atoms with Crippen LogP contribution in [0.4, 0.5) is 0 Å². The van der Waals surface area contributed by atoms with Gasteiger partial charge in [0, 0.05) is 25.8 Å². The van der Waals surface area contributed by atoms with Crippen molar-refractivity contribution in [2.75, 3.05) is 13.1 Å². The van der Waals surface area contributed by atoms with Crippen molar-refractivity contribution in [1.82, 2.24) is 9.47 Å². The average Bonchev–Trinajstić information content (AvgIpc) is 2.61. The fourth-order valence-electron chi connectivity index (χ4n) is 3.68. The van der Waals surface area contributed by atoms with E-state index in [0.717, 1.165) is 43.6 Å². The normalized spacial score (nSPS) is 15.4. The molecular formula is C21H26N2O2. The maximum absolute atomic E-state index is 12.9. The second-order valence-corrected chi connectivity index (χ2v) is 7.13. The first-order chi connectivity index (χ1) is 12.0. The lowest BCUT2D eigenvalue weighted by Crippen LogP contribution is -2.42. The van der Waals surface area contributed by atoms with Crippen LogP contribution in [0.25, 0.3) is 0 Å². The molecule has 132 valence electrons. The van der Waals surface area contributed by atoms with Crippen LogP contribution in [-0.2, 0) is 13.5 Å². The van der Waals surface area contributed by atoms with Gasteiger partial charge in [-0.25, -0.2) is 0 Å². The molecule has 1 aliphatic rings. The zero-order valence-electron chi connectivity index (χ0n) is 15.3. The Bertz CT molecular complexity index is 816. The monoisotopic (exact) mass is 338 g/mol. The summed E-state index contributed by atoms with van der Waals surface area (Å²) >= 11 is 0. The third-order valence-electron chi connectivity index (χ3n) is 5.35. The average molecular weight is 338 g/mol. The van der Waals surface area contributed by atoms with E-state index in [4.69, 9.17) is 0 Å². The van der Waals surface area contributed by atoms with E-state index in [1.807, 2.05) is 30.9 Å². The number of carbonyl (C=O) groups excluding carboxylic acids is 1. The van der Waals surface area contributed by atoms with Crippen LogP contribution >= 0.6 is 0 Å². The number of nitrogens with zero attached hydrogens (tertiary/aromatic N) is 2. The highest BCUT2D eigenvalue weighted by molar-refractivity contribution is 5.95. The summed E-state index contributed by atoms with van der Waals surface area (Å²) in [6, 6.07) is 12.4. The summed E-state index contributed by atoms with van der Waals surface area (Å²) in [6.07, 6.45) is 3.05. The Labute approximate surface area is 149 Å². The second-order valence-electron chi connectivity index (χ2n) is 7.13. The van der Waals surface area contributed by atoms with Crippen LogP contribution in [0.3, 0.4) is 0 Å². The molecule has 0 N–H and O–H groups in total. The Kier molecular flexibility index (Phi) is 5.07. The number of aromatic nitrogens is 1. The number of amides is 1. The Balaban J connectivity index is 1.68. The molecule has 0 spiro atoms. The van der Waals surface area contributed by atoms with Crippen molar-refractivity contribution < 1.29 is 4.79 Å². The molecule has 25 heavy (non-hydrogen) atoms. The predicted octanol–water partition coefficient (Wildman–Crippen LogP) is 3.10. The summed E-state index contributed by atoms with van der Waals surface area (Å²) in [5.41, 5.74) is 3.15. The molecule has 1 amide bonds. The van der Waals surface area contributed by atoms with Crippen LogP contribution < -0.4 is 5.56 Å². The first-order valence-electron chi connectivity index (χ1n) is 8.98. The van der Waals surface area contributed by atoms with Crippen LogP contribution in [0.2, 0.25) is 0 Å². The Morgan fingerprint density at radius 3 is 2.40 bits per heavy atom. The maximum Gasteiger partial charge on any atom is 0.263 e. The Morgan fingerprint density at radius 1 is 1.12 bits per heavy atom. The molecule has 4 nitrogen and oxygen atoms in total. The molecule has 2 heterocycles. The van der Waals surface area contributed by atoms with Crippen molar-refractivity contribution in [1.29, 1.82) is 0 Å². The molecule has 2 aromatic rings. The van der Waals surface area contributed by atoms with Crippen molar-refractivity contribution in [2.45, 2.75) is 33.1 Å². The summed E-state index contributed by atoms with van der Waals surface area (Å²) in [5, 5.41) is 0. The molecule has 1 aromatic heterocycles. The summed E-state index contributed by atoms with van der Waals surface area (Å²) in [6.45, 7) is 5.20. The van der Waals surface area contributed by atoms with Gasteiger partial charge in [0.1, 0.15) is 5.56 Å². The highest BCUT2D eigenvalue weighted by Crippen LogP contribution is 2.23. The van der Waals surface area contributed by atoms with Crippen molar-refractivity contribution in [2.24, 2.45) is 13.0 Å². The van der Waals surface area contributed by atoms with Gasteiger partial charge in [-0.3, -0.25) is 9.59 Å². The van der Waals surface area contributed by atoms with Crippen LogP contribution in [0.5, 0.6) is 0 Å². The number of piperidine rings is 1. The van der Waals surface area contributed by atoms with Gasteiger partial charge >= 0.3 is 0 Å². The molecule has 3 rings (SSSR count). The lowest BCUT2D eigenvalue weighted by Gasteiger charge is -2.32. The van der Waals surface area contributed by atoms with Gasteiger partial charge in [-0.1, -0.05) is 30.3 Å². The molecule has 0 aliphatic carbocycles. The summed E-state index contributed by atoms with van der Waals surface area (Å²) in [5.74, 6) is 0.490. The highest BCUT2D eigenvalue weighted by atomic mass is 16.2. The van der Waals surface area contributed by atoms with Crippen LogP contribution in [-0.4, -0.2) is 28.5 Å². The van der Waals surface area contributed by atoms with Gasteiger partial charge in [-0.15, -0.1) is 0 Å². The van der Waals surface area contributed by atoms with E-state index in [0.29, 0.717) is 11.5 Å². The number of benzene rings is 1. The van der Waals surface area contributed by atoms with Crippen molar-refractivity contribution in [3.8, 4) is 0 Å². The zero-order valence-corrected chi connectivity index (χ0v) is 15.3. The van der Waals surface area contributed by atoms with Gasteiger partial charge < -0.3 is 9.47 Å². The summed E-state index contributed by atoms with van der Waals surface area (Å²) < 4.78 is 1.56. The molecule has 0 bridgehead atoms. The fourth-order valence-corrected chi connectivity index (χ4v) is 3.68.